The van der Waals surface area contributed by atoms with Crippen LogP contribution in [0.1, 0.15) is 18.5 Å². The fraction of sp³-hybridized carbons (Fsp3) is 0.222. The molecule has 1 aliphatic rings. The minimum absolute atomic E-state index is 0.000836. The summed E-state index contributed by atoms with van der Waals surface area (Å²) in [6, 6.07) is 13.7. The Morgan fingerprint density at radius 2 is 2.05 bits per heavy atom. The van der Waals surface area contributed by atoms with Crippen LogP contribution in [0, 0.1) is 0 Å². The first-order valence-corrected chi connectivity index (χ1v) is 7.37. The largest absolute Gasteiger partial charge is 0.497 e. The first-order valence-electron chi connectivity index (χ1n) is 7.37. The third-order valence-corrected chi connectivity index (χ3v) is 4.32. The second kappa shape index (κ2) is 4.70. The molecule has 4 heteroatoms. The minimum atomic E-state index is 0.000836. The fourth-order valence-electron chi connectivity index (χ4n) is 3.23. The van der Waals surface area contributed by atoms with Gasteiger partial charge in [-0.2, -0.15) is 0 Å². The Labute approximate surface area is 128 Å². The van der Waals surface area contributed by atoms with Gasteiger partial charge in [0.25, 0.3) is 5.56 Å². The molecule has 0 bridgehead atoms. The van der Waals surface area contributed by atoms with Crippen molar-refractivity contribution < 1.29 is 4.74 Å². The van der Waals surface area contributed by atoms with Gasteiger partial charge in [0, 0.05) is 11.6 Å². The van der Waals surface area contributed by atoms with Crippen LogP contribution in [0.15, 0.2) is 47.3 Å². The SMILES string of the molecule is COc1ccc2nc3n(c(=O)c2c1)C(C)Cc1ccccc1-3. The first kappa shape index (κ1) is 13.1. The van der Waals surface area contributed by atoms with E-state index in [4.69, 9.17) is 9.72 Å². The number of hydrogen-bond acceptors (Lipinski definition) is 3. The molecule has 0 saturated heterocycles. The van der Waals surface area contributed by atoms with Crippen molar-refractivity contribution in [3.63, 3.8) is 0 Å². The van der Waals surface area contributed by atoms with E-state index in [9.17, 15) is 4.79 Å². The molecule has 1 atom stereocenters. The summed E-state index contributed by atoms with van der Waals surface area (Å²) >= 11 is 0. The first-order chi connectivity index (χ1) is 10.7. The molecule has 1 aliphatic heterocycles. The Kier molecular flexibility index (Phi) is 2.79. The van der Waals surface area contributed by atoms with Gasteiger partial charge in [-0.3, -0.25) is 9.36 Å². The standard InChI is InChI=1S/C18H16N2O2/c1-11-9-12-5-3-4-6-14(12)17-19-16-8-7-13(22-2)10-15(16)18(21)20(11)17/h3-8,10-11H,9H2,1-2H3. The van der Waals surface area contributed by atoms with E-state index in [0.717, 1.165) is 17.8 Å². The number of fused-ring (bicyclic) bond motifs is 4. The number of rotatable bonds is 1. The highest BCUT2D eigenvalue weighted by Crippen LogP contribution is 2.32. The normalized spacial score (nSPS) is 16.2. The smallest absolute Gasteiger partial charge is 0.262 e. The van der Waals surface area contributed by atoms with Gasteiger partial charge in [0.05, 0.1) is 18.0 Å². The van der Waals surface area contributed by atoms with Crippen molar-refractivity contribution in [3.05, 3.63) is 58.4 Å². The molecule has 0 saturated carbocycles. The summed E-state index contributed by atoms with van der Waals surface area (Å²) in [6.45, 7) is 2.06. The summed E-state index contributed by atoms with van der Waals surface area (Å²) in [7, 11) is 1.60. The zero-order valence-electron chi connectivity index (χ0n) is 12.5. The van der Waals surface area contributed by atoms with Crippen molar-refractivity contribution in [2.45, 2.75) is 19.4 Å². The van der Waals surface area contributed by atoms with Crippen LogP contribution in [-0.4, -0.2) is 16.7 Å². The molecule has 1 unspecified atom stereocenters. The van der Waals surface area contributed by atoms with E-state index in [2.05, 4.69) is 13.0 Å². The van der Waals surface area contributed by atoms with Gasteiger partial charge < -0.3 is 4.74 Å². The lowest BCUT2D eigenvalue weighted by Gasteiger charge is -2.26. The van der Waals surface area contributed by atoms with Gasteiger partial charge in [-0.15, -0.1) is 0 Å². The molecular formula is C18H16N2O2. The van der Waals surface area contributed by atoms with E-state index in [0.29, 0.717) is 16.7 Å². The third-order valence-electron chi connectivity index (χ3n) is 4.32. The second-order valence-corrected chi connectivity index (χ2v) is 5.70. The number of nitrogens with zero attached hydrogens (tertiary/aromatic N) is 2. The molecule has 0 fully saturated rings. The van der Waals surface area contributed by atoms with Crippen LogP contribution < -0.4 is 10.3 Å². The fourth-order valence-corrected chi connectivity index (χ4v) is 3.23. The van der Waals surface area contributed by atoms with Gasteiger partial charge in [0.2, 0.25) is 0 Å². The van der Waals surface area contributed by atoms with Gasteiger partial charge in [-0.05, 0) is 37.1 Å². The average molecular weight is 292 g/mol. The van der Waals surface area contributed by atoms with Gasteiger partial charge in [0.1, 0.15) is 11.6 Å². The summed E-state index contributed by atoms with van der Waals surface area (Å²) in [5.41, 5.74) is 3.01. The summed E-state index contributed by atoms with van der Waals surface area (Å²) < 4.78 is 7.04. The predicted octanol–water partition coefficient (Wildman–Crippen LogP) is 3.19. The molecule has 4 nitrogen and oxygen atoms in total. The molecular weight excluding hydrogens is 276 g/mol. The molecule has 0 aliphatic carbocycles. The molecule has 2 aromatic carbocycles. The van der Waals surface area contributed by atoms with Crippen molar-refractivity contribution in [2.24, 2.45) is 0 Å². The Balaban J connectivity index is 2.10. The van der Waals surface area contributed by atoms with Gasteiger partial charge >= 0.3 is 0 Å². The summed E-state index contributed by atoms with van der Waals surface area (Å²) in [5, 5.41) is 0.606. The van der Waals surface area contributed by atoms with Crippen molar-refractivity contribution in [1.29, 1.82) is 0 Å². The molecule has 0 amide bonds. The van der Waals surface area contributed by atoms with Crippen molar-refractivity contribution in [2.75, 3.05) is 7.11 Å². The lowest BCUT2D eigenvalue weighted by molar-refractivity contribution is 0.415. The molecule has 0 spiro atoms. The molecule has 110 valence electrons. The maximum absolute atomic E-state index is 12.9. The zero-order chi connectivity index (χ0) is 15.3. The second-order valence-electron chi connectivity index (χ2n) is 5.70. The van der Waals surface area contributed by atoms with Crippen LogP contribution in [0.4, 0.5) is 0 Å². The monoisotopic (exact) mass is 292 g/mol. The third kappa shape index (κ3) is 1.77. The van der Waals surface area contributed by atoms with Gasteiger partial charge in [-0.25, -0.2) is 4.98 Å². The maximum Gasteiger partial charge on any atom is 0.262 e. The van der Waals surface area contributed by atoms with E-state index in [-0.39, 0.29) is 11.6 Å². The number of aromatic nitrogens is 2. The van der Waals surface area contributed by atoms with Crippen LogP contribution in [0.3, 0.4) is 0 Å². The summed E-state index contributed by atoms with van der Waals surface area (Å²) in [4.78, 5) is 17.7. The van der Waals surface area contributed by atoms with E-state index >= 15 is 0 Å². The highest BCUT2D eigenvalue weighted by atomic mass is 16.5. The highest BCUT2D eigenvalue weighted by Gasteiger charge is 2.24. The topological polar surface area (TPSA) is 44.1 Å². The van der Waals surface area contributed by atoms with E-state index in [1.807, 2.05) is 34.9 Å². The molecule has 22 heavy (non-hydrogen) atoms. The molecule has 3 aromatic rings. The number of methoxy groups -OCH3 is 1. The molecule has 0 radical (unpaired) electrons. The van der Waals surface area contributed by atoms with E-state index in [1.54, 1.807) is 13.2 Å². The Morgan fingerprint density at radius 1 is 1.23 bits per heavy atom. The van der Waals surface area contributed by atoms with Crippen molar-refractivity contribution in [3.8, 4) is 17.1 Å². The summed E-state index contributed by atoms with van der Waals surface area (Å²) in [6.07, 6.45) is 0.847. The summed E-state index contributed by atoms with van der Waals surface area (Å²) in [5.74, 6) is 1.44. The molecule has 4 rings (SSSR count). The van der Waals surface area contributed by atoms with Crippen LogP contribution in [0.2, 0.25) is 0 Å². The molecule has 1 aromatic heterocycles. The lowest BCUT2D eigenvalue weighted by Crippen LogP contribution is -2.30. The minimum Gasteiger partial charge on any atom is -0.497 e. The zero-order valence-corrected chi connectivity index (χ0v) is 12.5. The van der Waals surface area contributed by atoms with Crippen molar-refractivity contribution >= 4 is 10.9 Å². The van der Waals surface area contributed by atoms with Crippen LogP contribution >= 0.6 is 0 Å². The Hall–Kier alpha value is -2.62. The van der Waals surface area contributed by atoms with Crippen LogP contribution in [-0.2, 0) is 6.42 Å². The quantitative estimate of drug-likeness (QED) is 0.692. The number of hydrogen-bond donors (Lipinski definition) is 0. The number of ether oxygens (including phenoxy) is 1. The predicted molar refractivity (Wildman–Crippen MR) is 86.4 cm³/mol. The highest BCUT2D eigenvalue weighted by molar-refractivity contribution is 5.82. The van der Waals surface area contributed by atoms with E-state index in [1.165, 1.54) is 5.56 Å². The maximum atomic E-state index is 12.9. The van der Waals surface area contributed by atoms with Gasteiger partial charge in [0.15, 0.2) is 0 Å². The van der Waals surface area contributed by atoms with Crippen LogP contribution in [0.25, 0.3) is 22.3 Å². The number of benzene rings is 2. The average Bonchev–Trinajstić information content (AvgIpc) is 2.54. The van der Waals surface area contributed by atoms with Gasteiger partial charge in [-0.1, -0.05) is 24.3 Å². The Morgan fingerprint density at radius 3 is 2.86 bits per heavy atom. The van der Waals surface area contributed by atoms with E-state index < -0.39 is 0 Å². The van der Waals surface area contributed by atoms with Crippen LogP contribution in [0.5, 0.6) is 5.75 Å². The lowest BCUT2D eigenvalue weighted by atomic mass is 9.95. The Bertz CT molecular complexity index is 943. The molecule has 2 heterocycles. The molecule has 0 N–H and O–H groups in total. The van der Waals surface area contributed by atoms with Crippen molar-refractivity contribution in [1.82, 2.24) is 9.55 Å².